The first-order valence-corrected chi connectivity index (χ1v) is 6.55. The Balaban J connectivity index is 1.97. The van der Waals surface area contributed by atoms with Crippen LogP contribution in [-0.2, 0) is 11.3 Å². The zero-order valence-corrected chi connectivity index (χ0v) is 11.4. The SMILES string of the molecule is C[C@@H]1CN(Cc2ccc(Br)cc2)C[C@H]1C(=O)O. The number of likely N-dealkylation sites (tertiary alicyclic amines) is 1. The third kappa shape index (κ3) is 3.07. The highest BCUT2D eigenvalue weighted by Gasteiger charge is 2.34. The van der Waals surface area contributed by atoms with Crippen molar-refractivity contribution >= 4 is 21.9 Å². The molecule has 2 rings (SSSR count). The maximum Gasteiger partial charge on any atom is 0.308 e. The molecule has 0 bridgehead atoms. The molecule has 1 aromatic carbocycles. The molecule has 0 spiro atoms. The van der Waals surface area contributed by atoms with Gasteiger partial charge in [0.2, 0.25) is 0 Å². The fourth-order valence-corrected chi connectivity index (χ4v) is 2.63. The number of aliphatic carboxylic acids is 1. The van der Waals surface area contributed by atoms with Crippen LogP contribution in [0.3, 0.4) is 0 Å². The first kappa shape index (κ1) is 12.6. The smallest absolute Gasteiger partial charge is 0.308 e. The molecule has 1 fully saturated rings. The lowest BCUT2D eigenvalue weighted by molar-refractivity contribution is -0.142. The third-order valence-electron chi connectivity index (χ3n) is 3.32. The number of nitrogens with zero attached hydrogens (tertiary/aromatic N) is 1. The molecule has 1 aliphatic heterocycles. The maximum atomic E-state index is 11.0. The van der Waals surface area contributed by atoms with Crippen molar-refractivity contribution in [2.24, 2.45) is 11.8 Å². The quantitative estimate of drug-likeness (QED) is 0.932. The lowest BCUT2D eigenvalue weighted by Gasteiger charge is -2.15. The summed E-state index contributed by atoms with van der Waals surface area (Å²) in [5.41, 5.74) is 1.23. The first-order chi connectivity index (χ1) is 8.06. The van der Waals surface area contributed by atoms with Crippen LogP contribution >= 0.6 is 15.9 Å². The summed E-state index contributed by atoms with van der Waals surface area (Å²) in [5, 5.41) is 9.07. The number of hydrogen-bond donors (Lipinski definition) is 1. The number of halogens is 1. The maximum absolute atomic E-state index is 11.0. The summed E-state index contributed by atoms with van der Waals surface area (Å²) in [6.45, 7) is 4.38. The summed E-state index contributed by atoms with van der Waals surface area (Å²) >= 11 is 3.41. The van der Waals surface area contributed by atoms with E-state index in [1.807, 2.05) is 19.1 Å². The van der Waals surface area contributed by atoms with Gasteiger partial charge in [0, 0.05) is 24.1 Å². The minimum atomic E-state index is -0.671. The third-order valence-corrected chi connectivity index (χ3v) is 3.85. The van der Waals surface area contributed by atoms with Crippen molar-refractivity contribution in [3.05, 3.63) is 34.3 Å². The van der Waals surface area contributed by atoms with Gasteiger partial charge in [-0.15, -0.1) is 0 Å². The van der Waals surface area contributed by atoms with Crippen LogP contribution in [-0.4, -0.2) is 29.1 Å². The van der Waals surface area contributed by atoms with E-state index < -0.39 is 5.97 Å². The second-order valence-corrected chi connectivity index (χ2v) is 5.66. The van der Waals surface area contributed by atoms with Gasteiger partial charge in [-0.1, -0.05) is 35.0 Å². The van der Waals surface area contributed by atoms with Gasteiger partial charge in [-0.05, 0) is 23.6 Å². The molecule has 0 unspecified atom stereocenters. The van der Waals surface area contributed by atoms with E-state index in [2.05, 4.69) is 33.0 Å². The van der Waals surface area contributed by atoms with Crippen molar-refractivity contribution in [1.29, 1.82) is 0 Å². The molecule has 0 amide bonds. The largest absolute Gasteiger partial charge is 0.481 e. The van der Waals surface area contributed by atoms with E-state index in [-0.39, 0.29) is 11.8 Å². The van der Waals surface area contributed by atoms with E-state index in [9.17, 15) is 4.79 Å². The number of hydrogen-bond acceptors (Lipinski definition) is 2. The normalized spacial score (nSPS) is 25.1. The minimum absolute atomic E-state index is 0.217. The van der Waals surface area contributed by atoms with E-state index >= 15 is 0 Å². The minimum Gasteiger partial charge on any atom is -0.481 e. The first-order valence-electron chi connectivity index (χ1n) is 5.76. The van der Waals surface area contributed by atoms with E-state index in [0.29, 0.717) is 6.54 Å². The predicted octanol–water partition coefficient (Wildman–Crippen LogP) is 2.60. The zero-order valence-electron chi connectivity index (χ0n) is 9.77. The number of benzene rings is 1. The Morgan fingerprint density at radius 1 is 1.41 bits per heavy atom. The summed E-state index contributed by atoms with van der Waals surface area (Å²) in [5.74, 6) is -0.649. The fourth-order valence-electron chi connectivity index (χ4n) is 2.37. The Kier molecular flexibility index (Phi) is 3.84. The van der Waals surface area contributed by atoms with Gasteiger partial charge >= 0.3 is 5.97 Å². The van der Waals surface area contributed by atoms with Crippen LogP contribution in [0.15, 0.2) is 28.7 Å². The van der Waals surface area contributed by atoms with Gasteiger partial charge in [-0.3, -0.25) is 9.69 Å². The molecule has 0 aromatic heterocycles. The second kappa shape index (κ2) is 5.19. The van der Waals surface area contributed by atoms with Crippen molar-refractivity contribution in [2.45, 2.75) is 13.5 Å². The lowest BCUT2D eigenvalue weighted by atomic mass is 9.99. The predicted molar refractivity (Wildman–Crippen MR) is 69.7 cm³/mol. The monoisotopic (exact) mass is 297 g/mol. The van der Waals surface area contributed by atoms with Crippen molar-refractivity contribution in [3.63, 3.8) is 0 Å². The highest BCUT2D eigenvalue weighted by molar-refractivity contribution is 9.10. The Bertz CT molecular complexity index is 404. The van der Waals surface area contributed by atoms with Gasteiger partial charge in [0.1, 0.15) is 0 Å². The van der Waals surface area contributed by atoms with Crippen LogP contribution in [0.1, 0.15) is 12.5 Å². The number of carboxylic acids is 1. The van der Waals surface area contributed by atoms with Crippen LogP contribution < -0.4 is 0 Å². The molecule has 1 heterocycles. The molecule has 4 heteroatoms. The molecule has 0 radical (unpaired) electrons. The highest BCUT2D eigenvalue weighted by atomic mass is 79.9. The van der Waals surface area contributed by atoms with Crippen LogP contribution in [0.4, 0.5) is 0 Å². The second-order valence-electron chi connectivity index (χ2n) is 4.74. The van der Waals surface area contributed by atoms with E-state index in [1.165, 1.54) is 5.56 Å². The summed E-state index contributed by atoms with van der Waals surface area (Å²) in [6.07, 6.45) is 0. The molecule has 1 N–H and O–H groups in total. The van der Waals surface area contributed by atoms with E-state index in [0.717, 1.165) is 17.6 Å². The van der Waals surface area contributed by atoms with Gasteiger partial charge in [-0.2, -0.15) is 0 Å². The van der Waals surface area contributed by atoms with Gasteiger partial charge < -0.3 is 5.11 Å². The summed E-state index contributed by atoms with van der Waals surface area (Å²) in [6, 6.07) is 8.18. The molecule has 92 valence electrons. The Morgan fingerprint density at radius 2 is 2.06 bits per heavy atom. The Labute approximate surface area is 110 Å². The molecule has 1 aromatic rings. The molecule has 1 aliphatic rings. The number of carboxylic acid groups (broad SMARTS) is 1. The molecular weight excluding hydrogens is 282 g/mol. The standard InChI is InChI=1S/C13H16BrNO2/c1-9-6-15(8-12(9)13(16)17)7-10-2-4-11(14)5-3-10/h2-5,9,12H,6-8H2,1H3,(H,16,17)/t9-,12-/m1/s1. The fraction of sp³-hybridized carbons (Fsp3) is 0.462. The lowest BCUT2D eigenvalue weighted by Crippen LogP contribution is -2.23. The number of carbonyl (C=O) groups is 1. The summed E-state index contributed by atoms with van der Waals surface area (Å²) in [4.78, 5) is 13.2. The molecule has 0 aliphatic carbocycles. The highest BCUT2D eigenvalue weighted by Crippen LogP contribution is 2.24. The number of rotatable bonds is 3. The van der Waals surface area contributed by atoms with Crippen LogP contribution in [0.2, 0.25) is 0 Å². The Morgan fingerprint density at radius 3 is 2.59 bits per heavy atom. The van der Waals surface area contributed by atoms with Crippen molar-refractivity contribution in [3.8, 4) is 0 Å². The summed E-state index contributed by atoms with van der Waals surface area (Å²) in [7, 11) is 0. The molecule has 2 atom stereocenters. The van der Waals surface area contributed by atoms with Crippen LogP contribution in [0.25, 0.3) is 0 Å². The Hall–Kier alpha value is -0.870. The van der Waals surface area contributed by atoms with Crippen LogP contribution in [0, 0.1) is 11.8 Å². The van der Waals surface area contributed by atoms with Gasteiger partial charge in [0.25, 0.3) is 0 Å². The molecule has 3 nitrogen and oxygen atoms in total. The van der Waals surface area contributed by atoms with E-state index in [4.69, 9.17) is 5.11 Å². The van der Waals surface area contributed by atoms with Crippen molar-refractivity contribution < 1.29 is 9.90 Å². The van der Waals surface area contributed by atoms with Crippen molar-refractivity contribution in [1.82, 2.24) is 4.90 Å². The summed E-state index contributed by atoms with van der Waals surface area (Å²) < 4.78 is 1.07. The van der Waals surface area contributed by atoms with E-state index in [1.54, 1.807) is 0 Å². The average Bonchev–Trinajstić information content (AvgIpc) is 2.63. The zero-order chi connectivity index (χ0) is 12.4. The topological polar surface area (TPSA) is 40.5 Å². The molecular formula is C13H16BrNO2. The van der Waals surface area contributed by atoms with Crippen molar-refractivity contribution in [2.75, 3.05) is 13.1 Å². The van der Waals surface area contributed by atoms with Crippen LogP contribution in [0.5, 0.6) is 0 Å². The molecule has 0 saturated carbocycles. The van der Waals surface area contributed by atoms with Gasteiger partial charge in [0.15, 0.2) is 0 Å². The average molecular weight is 298 g/mol. The van der Waals surface area contributed by atoms with Gasteiger partial charge in [-0.25, -0.2) is 0 Å². The molecule has 17 heavy (non-hydrogen) atoms. The van der Waals surface area contributed by atoms with Gasteiger partial charge in [0.05, 0.1) is 5.92 Å². The molecule has 1 saturated heterocycles.